The zero-order valence-corrected chi connectivity index (χ0v) is 14.8. The van der Waals surface area contributed by atoms with Crippen molar-refractivity contribution in [3.8, 4) is 0 Å². The van der Waals surface area contributed by atoms with Crippen molar-refractivity contribution in [2.24, 2.45) is 0 Å². The third-order valence-electron chi connectivity index (χ3n) is 3.43. The van der Waals surface area contributed by atoms with Gasteiger partial charge in [0.05, 0.1) is 20.1 Å². The van der Waals surface area contributed by atoms with Crippen molar-refractivity contribution in [3.05, 3.63) is 60.4 Å². The number of H-pyrrole nitrogens is 2. The van der Waals surface area contributed by atoms with E-state index in [1.807, 2.05) is 0 Å². The average molecular weight is 386 g/mol. The molecule has 7 nitrogen and oxygen atoms in total. The van der Waals surface area contributed by atoms with Crippen molar-refractivity contribution in [3.63, 3.8) is 0 Å². The molecule has 126 valence electrons. The molecule has 24 heavy (non-hydrogen) atoms. The number of aromatic nitrogens is 2. The van der Waals surface area contributed by atoms with Crippen LogP contribution in [0.1, 0.15) is 4.88 Å². The molecule has 10 heteroatoms. The van der Waals surface area contributed by atoms with Crippen molar-refractivity contribution in [1.29, 1.82) is 0 Å². The van der Waals surface area contributed by atoms with E-state index in [0.29, 0.717) is 4.34 Å². The molecular formula is C14H12ClN3O4S2. The van der Waals surface area contributed by atoms with Gasteiger partial charge in [-0.2, -0.15) is 4.31 Å². The summed E-state index contributed by atoms with van der Waals surface area (Å²) < 4.78 is 27.1. The maximum Gasteiger partial charge on any atom is 0.326 e. The molecule has 0 radical (unpaired) electrons. The molecular weight excluding hydrogens is 374 g/mol. The number of sulfonamides is 1. The van der Waals surface area contributed by atoms with Crippen LogP contribution in [0.4, 0.5) is 0 Å². The van der Waals surface area contributed by atoms with E-state index in [2.05, 4.69) is 9.97 Å². The number of hydrogen-bond acceptors (Lipinski definition) is 5. The zero-order chi connectivity index (χ0) is 17.5. The average Bonchev–Trinajstić information content (AvgIpc) is 2.91. The molecule has 0 bridgehead atoms. The number of nitrogens with zero attached hydrogens (tertiary/aromatic N) is 1. The van der Waals surface area contributed by atoms with Crippen molar-refractivity contribution in [2.45, 2.75) is 11.4 Å². The summed E-state index contributed by atoms with van der Waals surface area (Å²) in [6.07, 6.45) is 0. The maximum atomic E-state index is 12.7. The van der Waals surface area contributed by atoms with Gasteiger partial charge in [0.15, 0.2) is 0 Å². The van der Waals surface area contributed by atoms with Crippen LogP contribution in [0, 0.1) is 0 Å². The van der Waals surface area contributed by atoms with Gasteiger partial charge < -0.3 is 4.98 Å². The smallest absolute Gasteiger partial charge is 0.307 e. The summed E-state index contributed by atoms with van der Waals surface area (Å²) in [5.74, 6) is 0. The highest BCUT2D eigenvalue weighted by Crippen LogP contribution is 2.25. The second kappa shape index (κ2) is 6.17. The number of nitrogens with one attached hydrogen (secondary N) is 2. The van der Waals surface area contributed by atoms with Gasteiger partial charge in [0.25, 0.3) is 5.56 Å². The molecule has 0 spiro atoms. The normalized spacial score (nSPS) is 12.1. The lowest BCUT2D eigenvalue weighted by atomic mass is 10.2. The largest absolute Gasteiger partial charge is 0.326 e. The van der Waals surface area contributed by atoms with E-state index >= 15 is 0 Å². The fourth-order valence-corrected chi connectivity index (χ4v) is 4.62. The minimum Gasteiger partial charge on any atom is -0.307 e. The molecule has 0 aliphatic carbocycles. The molecule has 0 aliphatic heterocycles. The Morgan fingerprint density at radius 3 is 2.58 bits per heavy atom. The molecule has 0 saturated carbocycles. The summed E-state index contributed by atoms with van der Waals surface area (Å²) in [7, 11) is -2.35. The van der Waals surface area contributed by atoms with E-state index in [4.69, 9.17) is 11.6 Å². The number of hydrogen-bond donors (Lipinski definition) is 2. The van der Waals surface area contributed by atoms with E-state index in [1.165, 1.54) is 40.9 Å². The summed E-state index contributed by atoms with van der Waals surface area (Å²) in [6, 6.07) is 7.46. The number of aromatic amines is 2. The SMILES string of the molecule is CN(Cc1ccc(Cl)s1)S(=O)(=O)c1ccc2[nH]c(=O)[nH]c(=O)c2c1. The Bertz CT molecular complexity index is 1130. The van der Waals surface area contributed by atoms with Crippen LogP contribution in [0.2, 0.25) is 4.34 Å². The van der Waals surface area contributed by atoms with Crippen molar-refractivity contribution < 1.29 is 8.42 Å². The van der Waals surface area contributed by atoms with Gasteiger partial charge in [-0.25, -0.2) is 13.2 Å². The number of thiophene rings is 1. The summed E-state index contributed by atoms with van der Waals surface area (Å²) >= 11 is 7.15. The molecule has 2 aromatic heterocycles. The molecule has 0 aliphatic rings. The molecule has 1 aromatic carbocycles. The first kappa shape index (κ1) is 16.9. The molecule has 0 unspecified atom stereocenters. The summed E-state index contributed by atoms with van der Waals surface area (Å²) in [6.45, 7) is 0.166. The van der Waals surface area contributed by atoms with Gasteiger partial charge in [-0.15, -0.1) is 11.3 Å². The van der Waals surface area contributed by atoms with Crippen LogP contribution in [0.3, 0.4) is 0 Å². The summed E-state index contributed by atoms with van der Waals surface area (Å²) in [5.41, 5.74) is -1.01. The molecule has 0 fully saturated rings. The van der Waals surface area contributed by atoms with E-state index in [9.17, 15) is 18.0 Å². The standard InChI is InChI=1S/C14H12ClN3O4S2/c1-18(7-8-2-5-12(15)23-8)24(21,22)9-3-4-11-10(6-9)13(19)17-14(20)16-11/h2-6H,7H2,1H3,(H2,16,17,19,20). The lowest BCUT2D eigenvalue weighted by molar-refractivity contribution is 0.470. The van der Waals surface area contributed by atoms with Crippen LogP contribution in [0.25, 0.3) is 10.9 Å². The van der Waals surface area contributed by atoms with Crippen LogP contribution < -0.4 is 11.2 Å². The first-order valence-corrected chi connectivity index (χ1v) is 9.38. The third-order valence-corrected chi connectivity index (χ3v) is 6.44. The van der Waals surface area contributed by atoms with E-state index in [-0.39, 0.29) is 22.3 Å². The van der Waals surface area contributed by atoms with Gasteiger partial charge in [0, 0.05) is 18.5 Å². The minimum atomic E-state index is -3.79. The van der Waals surface area contributed by atoms with Crippen LogP contribution in [0.5, 0.6) is 0 Å². The highest BCUT2D eigenvalue weighted by molar-refractivity contribution is 7.89. The lowest BCUT2D eigenvalue weighted by Gasteiger charge is -2.16. The number of benzene rings is 1. The third kappa shape index (κ3) is 3.16. The van der Waals surface area contributed by atoms with E-state index in [1.54, 1.807) is 12.1 Å². The highest BCUT2D eigenvalue weighted by Gasteiger charge is 2.22. The molecule has 3 rings (SSSR count). The Kier molecular flexibility index (Phi) is 4.35. The topological polar surface area (TPSA) is 103 Å². The Balaban J connectivity index is 2.01. The Hall–Kier alpha value is -1.94. The van der Waals surface area contributed by atoms with Crippen molar-refractivity contribution in [2.75, 3.05) is 7.05 Å². The molecule has 0 amide bonds. The zero-order valence-electron chi connectivity index (χ0n) is 12.4. The predicted octanol–water partition coefficient (Wildman–Crippen LogP) is 1.75. The van der Waals surface area contributed by atoms with Crippen molar-refractivity contribution in [1.82, 2.24) is 14.3 Å². The molecule has 2 N–H and O–H groups in total. The Morgan fingerprint density at radius 1 is 1.17 bits per heavy atom. The second-order valence-electron chi connectivity index (χ2n) is 5.08. The summed E-state index contributed by atoms with van der Waals surface area (Å²) in [5, 5.41) is 0.100. The van der Waals surface area contributed by atoms with Gasteiger partial charge >= 0.3 is 5.69 Å². The van der Waals surface area contributed by atoms with Gasteiger partial charge in [-0.3, -0.25) is 9.78 Å². The van der Waals surface area contributed by atoms with Gasteiger partial charge in [0.1, 0.15) is 0 Å². The Labute approximate surface area is 145 Å². The quantitative estimate of drug-likeness (QED) is 0.714. The highest BCUT2D eigenvalue weighted by atomic mass is 35.5. The van der Waals surface area contributed by atoms with Crippen LogP contribution in [0.15, 0.2) is 44.8 Å². The number of fused-ring (bicyclic) bond motifs is 1. The van der Waals surface area contributed by atoms with Crippen LogP contribution >= 0.6 is 22.9 Å². The van der Waals surface area contributed by atoms with Crippen molar-refractivity contribution >= 4 is 43.9 Å². The van der Waals surface area contributed by atoms with E-state index in [0.717, 1.165) is 4.88 Å². The molecule has 0 saturated heterocycles. The van der Waals surface area contributed by atoms with Gasteiger partial charge in [0.2, 0.25) is 10.0 Å². The van der Waals surface area contributed by atoms with Crippen LogP contribution in [-0.4, -0.2) is 29.7 Å². The Morgan fingerprint density at radius 2 is 1.92 bits per heavy atom. The second-order valence-corrected chi connectivity index (χ2v) is 8.93. The van der Waals surface area contributed by atoms with E-state index < -0.39 is 21.3 Å². The van der Waals surface area contributed by atoms with Gasteiger partial charge in [-0.05, 0) is 30.3 Å². The number of rotatable bonds is 4. The number of halogens is 1. The first-order valence-electron chi connectivity index (χ1n) is 6.74. The monoisotopic (exact) mass is 385 g/mol. The first-order chi connectivity index (χ1) is 11.3. The minimum absolute atomic E-state index is 0.0299. The lowest BCUT2D eigenvalue weighted by Crippen LogP contribution is -2.27. The predicted molar refractivity (Wildman–Crippen MR) is 93.2 cm³/mol. The molecule has 2 heterocycles. The van der Waals surface area contributed by atoms with Gasteiger partial charge in [-0.1, -0.05) is 11.6 Å². The molecule has 3 aromatic rings. The summed E-state index contributed by atoms with van der Waals surface area (Å²) in [4.78, 5) is 28.4. The fourth-order valence-electron chi connectivity index (χ4n) is 2.23. The molecule has 0 atom stereocenters. The maximum absolute atomic E-state index is 12.7. The fraction of sp³-hybridized carbons (Fsp3) is 0.143. The van der Waals surface area contributed by atoms with Crippen LogP contribution in [-0.2, 0) is 16.6 Å².